The molecule has 2 rings (SSSR count). The minimum atomic E-state index is 0.413. The Morgan fingerprint density at radius 1 is 1.38 bits per heavy atom. The van der Waals surface area contributed by atoms with Crippen LogP contribution in [0.3, 0.4) is 0 Å². The third-order valence-electron chi connectivity index (χ3n) is 1.94. The zero-order valence-electron chi connectivity index (χ0n) is 8.78. The highest BCUT2D eigenvalue weighted by Crippen LogP contribution is 2.25. The van der Waals surface area contributed by atoms with Gasteiger partial charge in [-0.05, 0) is 31.3 Å². The Hall–Kier alpha value is -1.82. The average molecular weight is 236 g/mol. The van der Waals surface area contributed by atoms with E-state index < -0.39 is 0 Å². The van der Waals surface area contributed by atoms with Crippen molar-refractivity contribution in [3.8, 4) is 5.75 Å². The van der Waals surface area contributed by atoms with Gasteiger partial charge in [-0.3, -0.25) is 10.2 Å². The van der Waals surface area contributed by atoms with Gasteiger partial charge in [-0.25, -0.2) is 0 Å². The summed E-state index contributed by atoms with van der Waals surface area (Å²) in [6.45, 7) is 2.56. The molecule has 1 aromatic carbocycles. The lowest BCUT2D eigenvalue weighted by atomic mass is 10.3. The van der Waals surface area contributed by atoms with Crippen molar-refractivity contribution in [3.05, 3.63) is 29.0 Å². The molecule has 0 radical (unpaired) electrons. The minimum absolute atomic E-state index is 0.413. The lowest BCUT2D eigenvalue weighted by Crippen LogP contribution is -1.98. The molecular weight excluding hydrogens is 224 g/mol. The number of ether oxygens (including phenoxy) is 1. The first-order valence-electron chi connectivity index (χ1n) is 4.93. The molecule has 0 aliphatic carbocycles. The second-order valence-corrected chi connectivity index (χ2v) is 3.46. The fraction of sp³-hybridized carbons (Fsp3) is 0.200. The van der Waals surface area contributed by atoms with Crippen LogP contribution in [0.25, 0.3) is 0 Å². The lowest BCUT2D eigenvalue weighted by molar-refractivity contribution is 0.342. The lowest BCUT2D eigenvalue weighted by Gasteiger charge is -2.09. The maximum absolute atomic E-state index is 5.48. The molecule has 3 N–H and O–H groups in total. The monoisotopic (exact) mass is 236 g/mol. The Morgan fingerprint density at radius 3 is 2.88 bits per heavy atom. The van der Waals surface area contributed by atoms with Crippen LogP contribution >= 0.6 is 12.2 Å². The van der Waals surface area contributed by atoms with Crippen molar-refractivity contribution in [2.75, 3.05) is 11.9 Å². The van der Waals surface area contributed by atoms with Gasteiger partial charge in [0.15, 0.2) is 0 Å². The molecule has 0 saturated heterocycles. The third kappa shape index (κ3) is 2.40. The summed E-state index contributed by atoms with van der Waals surface area (Å²) in [5.41, 5.74) is 0.849. The zero-order valence-corrected chi connectivity index (χ0v) is 9.60. The number of para-hydroxylation sites is 2. The third-order valence-corrected chi connectivity index (χ3v) is 2.13. The molecule has 0 amide bonds. The number of aromatic nitrogens is 3. The molecular formula is C10H12N4OS. The summed E-state index contributed by atoms with van der Waals surface area (Å²) in [5.74, 6) is 1.35. The van der Waals surface area contributed by atoms with Crippen LogP contribution in [0.4, 0.5) is 11.6 Å². The van der Waals surface area contributed by atoms with Crippen molar-refractivity contribution in [2.24, 2.45) is 0 Å². The minimum Gasteiger partial charge on any atom is -0.492 e. The predicted molar refractivity (Wildman–Crippen MR) is 64.7 cm³/mol. The number of nitrogens with zero attached hydrogens (tertiary/aromatic N) is 1. The Kier molecular flexibility index (Phi) is 3.21. The number of aromatic amines is 2. The van der Waals surface area contributed by atoms with Crippen molar-refractivity contribution in [3.63, 3.8) is 0 Å². The summed E-state index contributed by atoms with van der Waals surface area (Å²) in [4.78, 5) is 4.04. The zero-order chi connectivity index (χ0) is 11.4. The van der Waals surface area contributed by atoms with Crippen molar-refractivity contribution in [1.29, 1.82) is 0 Å². The number of anilines is 2. The van der Waals surface area contributed by atoms with Crippen LogP contribution in [-0.2, 0) is 0 Å². The highest BCUT2D eigenvalue weighted by atomic mass is 32.1. The van der Waals surface area contributed by atoms with Gasteiger partial charge < -0.3 is 10.1 Å². The standard InChI is InChI=1S/C10H12N4OS/c1-2-15-8-6-4-3-5-7(8)11-9-12-10(16)14-13-9/h3-6H,2H2,1H3,(H3,11,12,13,14,16). The van der Waals surface area contributed by atoms with Gasteiger partial charge >= 0.3 is 0 Å². The summed E-state index contributed by atoms with van der Waals surface area (Å²) >= 11 is 4.86. The van der Waals surface area contributed by atoms with Crippen LogP contribution in [0.2, 0.25) is 0 Å². The Morgan fingerprint density at radius 2 is 2.19 bits per heavy atom. The summed E-state index contributed by atoms with van der Waals surface area (Å²) in [6.07, 6.45) is 0. The molecule has 1 aromatic heterocycles. The van der Waals surface area contributed by atoms with E-state index in [0.717, 1.165) is 11.4 Å². The van der Waals surface area contributed by atoms with Crippen LogP contribution in [0.15, 0.2) is 24.3 Å². The summed E-state index contributed by atoms with van der Waals surface area (Å²) in [6, 6.07) is 7.65. The molecule has 1 heterocycles. The molecule has 16 heavy (non-hydrogen) atoms. The molecule has 0 fully saturated rings. The molecule has 5 nitrogen and oxygen atoms in total. The van der Waals surface area contributed by atoms with E-state index >= 15 is 0 Å². The van der Waals surface area contributed by atoms with E-state index in [4.69, 9.17) is 17.0 Å². The highest BCUT2D eigenvalue weighted by Gasteiger charge is 2.03. The van der Waals surface area contributed by atoms with Gasteiger partial charge in [0.25, 0.3) is 0 Å². The molecule has 2 aromatic rings. The van der Waals surface area contributed by atoms with Gasteiger partial charge in [0.2, 0.25) is 10.7 Å². The number of H-pyrrole nitrogens is 2. The van der Waals surface area contributed by atoms with Gasteiger partial charge in [0.05, 0.1) is 12.3 Å². The van der Waals surface area contributed by atoms with Crippen LogP contribution in [0.1, 0.15) is 6.92 Å². The summed E-state index contributed by atoms with van der Waals surface area (Å²) in [7, 11) is 0. The maximum Gasteiger partial charge on any atom is 0.222 e. The number of rotatable bonds is 4. The van der Waals surface area contributed by atoms with Gasteiger partial charge in [-0.15, -0.1) is 0 Å². The Labute approximate surface area is 97.9 Å². The maximum atomic E-state index is 5.48. The first-order chi connectivity index (χ1) is 7.79. The van der Waals surface area contributed by atoms with E-state index in [-0.39, 0.29) is 0 Å². The fourth-order valence-electron chi connectivity index (χ4n) is 1.31. The van der Waals surface area contributed by atoms with Crippen molar-refractivity contribution in [2.45, 2.75) is 6.92 Å². The molecule has 0 spiro atoms. The molecule has 0 bridgehead atoms. The molecule has 0 aliphatic heterocycles. The van der Waals surface area contributed by atoms with Gasteiger partial charge in [0, 0.05) is 0 Å². The van der Waals surface area contributed by atoms with E-state index in [1.54, 1.807) is 0 Å². The van der Waals surface area contributed by atoms with Crippen LogP contribution in [0.5, 0.6) is 5.75 Å². The highest BCUT2D eigenvalue weighted by molar-refractivity contribution is 7.71. The van der Waals surface area contributed by atoms with Crippen LogP contribution in [0, 0.1) is 4.77 Å². The van der Waals surface area contributed by atoms with Crippen molar-refractivity contribution in [1.82, 2.24) is 15.2 Å². The largest absolute Gasteiger partial charge is 0.492 e. The SMILES string of the molecule is CCOc1ccccc1Nc1nc(=S)[nH][nH]1. The van der Waals surface area contributed by atoms with Crippen LogP contribution < -0.4 is 10.1 Å². The van der Waals surface area contributed by atoms with E-state index in [2.05, 4.69) is 20.5 Å². The molecule has 0 saturated carbocycles. The second kappa shape index (κ2) is 4.80. The number of hydrogen-bond acceptors (Lipinski definition) is 4. The van der Waals surface area contributed by atoms with E-state index in [9.17, 15) is 0 Å². The molecule has 0 unspecified atom stereocenters. The number of nitrogens with one attached hydrogen (secondary N) is 3. The first kappa shape index (κ1) is 10.7. The topological polar surface area (TPSA) is 65.7 Å². The van der Waals surface area contributed by atoms with E-state index in [1.165, 1.54) is 0 Å². The predicted octanol–water partition coefficient (Wildman–Crippen LogP) is 2.61. The first-order valence-corrected chi connectivity index (χ1v) is 5.34. The number of hydrogen-bond donors (Lipinski definition) is 3. The van der Waals surface area contributed by atoms with Gasteiger partial charge in [0.1, 0.15) is 5.75 Å². The molecule has 0 atom stereocenters. The Balaban J connectivity index is 2.23. The number of benzene rings is 1. The quantitative estimate of drug-likeness (QED) is 0.714. The smallest absolute Gasteiger partial charge is 0.222 e. The van der Waals surface area contributed by atoms with Gasteiger partial charge in [-0.1, -0.05) is 12.1 Å². The molecule has 84 valence electrons. The van der Waals surface area contributed by atoms with Crippen LogP contribution in [-0.4, -0.2) is 21.8 Å². The Bertz CT molecular complexity index is 519. The van der Waals surface area contributed by atoms with Gasteiger partial charge in [-0.2, -0.15) is 4.98 Å². The average Bonchev–Trinajstić information content (AvgIpc) is 2.67. The van der Waals surface area contributed by atoms with Crippen molar-refractivity contribution >= 4 is 23.9 Å². The fourth-order valence-corrected chi connectivity index (χ4v) is 1.45. The second-order valence-electron chi connectivity index (χ2n) is 3.07. The van der Waals surface area contributed by atoms with E-state index in [0.29, 0.717) is 17.3 Å². The van der Waals surface area contributed by atoms with E-state index in [1.807, 2.05) is 31.2 Å². The normalized spacial score (nSPS) is 10.1. The molecule has 6 heteroatoms. The van der Waals surface area contributed by atoms with Crippen molar-refractivity contribution < 1.29 is 4.74 Å². The molecule has 0 aliphatic rings. The summed E-state index contributed by atoms with van der Waals surface area (Å²) in [5, 5.41) is 8.62. The summed E-state index contributed by atoms with van der Waals surface area (Å²) < 4.78 is 5.89.